The highest BCUT2D eigenvalue weighted by Gasteiger charge is 2.29. The Labute approximate surface area is 172 Å². The Morgan fingerprint density at radius 2 is 1.72 bits per heavy atom. The van der Waals surface area contributed by atoms with Gasteiger partial charge in [-0.25, -0.2) is 0 Å². The van der Waals surface area contributed by atoms with Crippen LogP contribution in [-0.4, -0.2) is 42.5 Å². The second-order valence-electron chi connectivity index (χ2n) is 7.97. The first-order valence-electron chi connectivity index (χ1n) is 10.5. The smallest absolute Gasteiger partial charge is 0.227 e. The Morgan fingerprint density at radius 1 is 1.00 bits per heavy atom. The van der Waals surface area contributed by atoms with E-state index in [0.29, 0.717) is 26.1 Å². The highest BCUT2D eigenvalue weighted by Crippen LogP contribution is 2.27. The van der Waals surface area contributed by atoms with Gasteiger partial charge in [0.25, 0.3) is 0 Å². The van der Waals surface area contributed by atoms with Crippen molar-refractivity contribution in [1.82, 2.24) is 10.2 Å². The normalized spacial score (nSPS) is 19.2. The molecule has 1 unspecified atom stereocenters. The van der Waals surface area contributed by atoms with Crippen LogP contribution in [0.5, 0.6) is 5.75 Å². The van der Waals surface area contributed by atoms with Gasteiger partial charge in [-0.2, -0.15) is 0 Å². The molecule has 2 heterocycles. The molecule has 0 saturated carbocycles. The van der Waals surface area contributed by atoms with Crippen LogP contribution in [-0.2, 0) is 22.4 Å². The lowest BCUT2D eigenvalue weighted by Gasteiger charge is -2.33. The summed E-state index contributed by atoms with van der Waals surface area (Å²) in [6.07, 6.45) is 3.66. The average molecular weight is 392 g/mol. The first-order valence-corrected chi connectivity index (χ1v) is 10.5. The molecule has 5 heteroatoms. The van der Waals surface area contributed by atoms with Crippen LogP contribution in [0.1, 0.15) is 30.4 Å². The predicted octanol–water partition coefficient (Wildman–Crippen LogP) is 2.98. The lowest BCUT2D eigenvalue weighted by atomic mass is 9.95. The third-order valence-electron chi connectivity index (χ3n) is 5.91. The molecule has 1 fully saturated rings. The minimum absolute atomic E-state index is 0.0633. The number of rotatable bonds is 5. The number of amides is 2. The van der Waals surface area contributed by atoms with Crippen molar-refractivity contribution in [2.75, 3.05) is 19.7 Å². The Bertz CT molecular complexity index is 844. The molecule has 2 aromatic rings. The third kappa shape index (κ3) is 4.97. The van der Waals surface area contributed by atoms with Crippen LogP contribution >= 0.6 is 0 Å². The number of ether oxygens (including phenoxy) is 1. The van der Waals surface area contributed by atoms with Crippen LogP contribution < -0.4 is 10.1 Å². The fourth-order valence-corrected chi connectivity index (χ4v) is 4.14. The van der Waals surface area contributed by atoms with E-state index < -0.39 is 0 Å². The van der Waals surface area contributed by atoms with Crippen molar-refractivity contribution in [2.24, 2.45) is 5.92 Å². The number of aryl methyl sites for hydroxylation is 1. The molecule has 2 aliphatic heterocycles. The molecule has 0 aromatic heterocycles. The van der Waals surface area contributed by atoms with Gasteiger partial charge in [0.2, 0.25) is 11.8 Å². The third-order valence-corrected chi connectivity index (χ3v) is 5.91. The zero-order valence-corrected chi connectivity index (χ0v) is 16.7. The molecule has 2 amide bonds. The molecule has 152 valence electrons. The number of piperidine rings is 1. The molecule has 4 rings (SSSR count). The summed E-state index contributed by atoms with van der Waals surface area (Å²) < 4.78 is 5.74. The van der Waals surface area contributed by atoms with E-state index in [-0.39, 0.29) is 23.8 Å². The molecule has 1 N–H and O–H groups in total. The van der Waals surface area contributed by atoms with Gasteiger partial charge in [-0.15, -0.1) is 0 Å². The zero-order valence-electron chi connectivity index (χ0n) is 16.7. The quantitative estimate of drug-likeness (QED) is 0.851. The maximum Gasteiger partial charge on any atom is 0.227 e. The number of benzene rings is 2. The van der Waals surface area contributed by atoms with E-state index in [1.807, 2.05) is 47.4 Å². The van der Waals surface area contributed by atoms with E-state index in [1.165, 1.54) is 5.56 Å². The number of likely N-dealkylation sites (tertiary alicyclic amines) is 1. The predicted molar refractivity (Wildman–Crippen MR) is 112 cm³/mol. The number of carbonyl (C=O) groups is 2. The van der Waals surface area contributed by atoms with E-state index in [1.54, 1.807) is 0 Å². The lowest BCUT2D eigenvalue weighted by molar-refractivity contribution is -0.132. The Hall–Kier alpha value is -2.82. The Morgan fingerprint density at radius 3 is 2.52 bits per heavy atom. The fourth-order valence-electron chi connectivity index (χ4n) is 4.14. The van der Waals surface area contributed by atoms with Gasteiger partial charge in [-0.05, 0) is 42.9 Å². The zero-order chi connectivity index (χ0) is 20.1. The minimum atomic E-state index is -0.143. The van der Waals surface area contributed by atoms with Crippen molar-refractivity contribution >= 4 is 11.8 Å². The van der Waals surface area contributed by atoms with E-state index in [4.69, 9.17) is 4.74 Å². The van der Waals surface area contributed by atoms with Crippen LogP contribution in [0.4, 0.5) is 0 Å². The summed E-state index contributed by atoms with van der Waals surface area (Å²) in [5, 5.41) is 3.18. The van der Waals surface area contributed by atoms with Crippen LogP contribution in [0.2, 0.25) is 0 Å². The van der Waals surface area contributed by atoms with Crippen molar-refractivity contribution < 1.29 is 14.3 Å². The number of hydrogen-bond acceptors (Lipinski definition) is 3. The second kappa shape index (κ2) is 9.12. The molecule has 2 aromatic carbocycles. The summed E-state index contributed by atoms with van der Waals surface area (Å²) in [5.74, 6) is 1.01. The maximum absolute atomic E-state index is 12.7. The first kappa shape index (κ1) is 19.5. The van der Waals surface area contributed by atoms with Crippen LogP contribution in [0, 0.1) is 5.92 Å². The monoisotopic (exact) mass is 392 g/mol. The van der Waals surface area contributed by atoms with Gasteiger partial charge in [0, 0.05) is 25.6 Å². The average Bonchev–Trinajstić information content (AvgIpc) is 2.78. The van der Waals surface area contributed by atoms with Gasteiger partial charge in [0.1, 0.15) is 12.4 Å². The van der Waals surface area contributed by atoms with Gasteiger partial charge in [-0.1, -0.05) is 48.5 Å². The molecule has 2 aliphatic rings. The largest absolute Gasteiger partial charge is 0.492 e. The summed E-state index contributed by atoms with van der Waals surface area (Å²) in [6.45, 7) is 1.85. The van der Waals surface area contributed by atoms with E-state index in [9.17, 15) is 9.59 Å². The number of nitrogens with one attached hydrogen (secondary N) is 1. The number of hydrogen-bond donors (Lipinski definition) is 1. The van der Waals surface area contributed by atoms with Crippen molar-refractivity contribution in [3.63, 3.8) is 0 Å². The van der Waals surface area contributed by atoms with Gasteiger partial charge < -0.3 is 15.0 Å². The highest BCUT2D eigenvalue weighted by atomic mass is 16.5. The highest BCUT2D eigenvalue weighted by molar-refractivity contribution is 5.80. The van der Waals surface area contributed by atoms with Crippen molar-refractivity contribution in [3.8, 4) is 5.75 Å². The number of para-hydroxylation sites is 1. The Kier molecular flexibility index (Phi) is 6.13. The standard InChI is InChI=1S/C24H28N2O3/c27-23(11-10-18-6-2-1-3-7-18)26-14-12-21(13-15-26)25-24(28)20-16-19-8-4-5-9-22(19)29-17-20/h1-9,20-21H,10-17H2,(H,25,28). The molecule has 5 nitrogen and oxygen atoms in total. The molecule has 1 atom stereocenters. The van der Waals surface area contributed by atoms with Gasteiger partial charge in [0.15, 0.2) is 0 Å². The summed E-state index contributed by atoms with van der Waals surface area (Å²) in [5.41, 5.74) is 2.29. The minimum Gasteiger partial charge on any atom is -0.492 e. The molecule has 0 radical (unpaired) electrons. The SMILES string of the molecule is O=C(NC1CCN(C(=O)CCc2ccccc2)CC1)C1COc2ccccc2C1. The molecular formula is C24H28N2O3. The molecule has 0 bridgehead atoms. The summed E-state index contributed by atoms with van der Waals surface area (Å²) >= 11 is 0. The van der Waals surface area contributed by atoms with Crippen LogP contribution in [0.15, 0.2) is 54.6 Å². The van der Waals surface area contributed by atoms with Crippen LogP contribution in [0.3, 0.4) is 0 Å². The maximum atomic E-state index is 12.7. The fraction of sp³-hybridized carbons (Fsp3) is 0.417. The molecular weight excluding hydrogens is 364 g/mol. The van der Waals surface area contributed by atoms with E-state index in [2.05, 4.69) is 17.4 Å². The Balaban J connectivity index is 1.21. The number of carbonyl (C=O) groups excluding carboxylic acids is 2. The van der Waals surface area contributed by atoms with Gasteiger partial charge in [0.05, 0.1) is 5.92 Å². The summed E-state index contributed by atoms with van der Waals surface area (Å²) in [6, 6.07) is 18.2. The molecule has 0 spiro atoms. The van der Waals surface area contributed by atoms with Crippen LogP contribution in [0.25, 0.3) is 0 Å². The van der Waals surface area contributed by atoms with Crippen molar-refractivity contribution in [3.05, 3.63) is 65.7 Å². The summed E-state index contributed by atoms with van der Waals surface area (Å²) in [7, 11) is 0. The second-order valence-corrected chi connectivity index (χ2v) is 7.97. The lowest BCUT2D eigenvalue weighted by Crippen LogP contribution is -2.49. The number of nitrogens with zero attached hydrogens (tertiary/aromatic N) is 1. The van der Waals surface area contributed by atoms with Gasteiger partial charge >= 0.3 is 0 Å². The molecule has 0 aliphatic carbocycles. The van der Waals surface area contributed by atoms with E-state index in [0.717, 1.165) is 37.0 Å². The topological polar surface area (TPSA) is 58.6 Å². The summed E-state index contributed by atoms with van der Waals surface area (Å²) in [4.78, 5) is 27.1. The van der Waals surface area contributed by atoms with Crippen molar-refractivity contribution in [2.45, 2.75) is 38.1 Å². The number of fused-ring (bicyclic) bond motifs is 1. The van der Waals surface area contributed by atoms with Crippen molar-refractivity contribution in [1.29, 1.82) is 0 Å². The first-order chi connectivity index (χ1) is 14.2. The van der Waals surface area contributed by atoms with E-state index >= 15 is 0 Å². The molecule has 29 heavy (non-hydrogen) atoms. The van der Waals surface area contributed by atoms with Gasteiger partial charge in [-0.3, -0.25) is 9.59 Å². The molecule has 1 saturated heterocycles.